The molecule has 1 unspecified atom stereocenters. The highest BCUT2D eigenvalue weighted by atomic mass is 35.5. The van der Waals surface area contributed by atoms with E-state index in [9.17, 15) is 9.59 Å². The predicted octanol–water partition coefficient (Wildman–Crippen LogP) is 3.09. The van der Waals surface area contributed by atoms with Crippen molar-refractivity contribution in [2.24, 2.45) is 0 Å². The van der Waals surface area contributed by atoms with Crippen LogP contribution in [0.1, 0.15) is 18.5 Å². The summed E-state index contributed by atoms with van der Waals surface area (Å²) in [4.78, 5) is 23.6. The van der Waals surface area contributed by atoms with Crippen LogP contribution in [-0.4, -0.2) is 39.0 Å². The van der Waals surface area contributed by atoms with Gasteiger partial charge in [0.2, 0.25) is 5.91 Å². The van der Waals surface area contributed by atoms with E-state index >= 15 is 0 Å². The minimum Gasteiger partial charge on any atom is -0.486 e. The maximum Gasteiger partial charge on any atom is 0.321 e. The molecule has 2 N–H and O–H groups in total. The highest BCUT2D eigenvalue weighted by molar-refractivity contribution is 8.00. The fraction of sp³-hybridized carbons (Fsp3) is 0.263. The number of nitrogens with zero attached hydrogens (tertiary/aromatic N) is 3. The van der Waals surface area contributed by atoms with Gasteiger partial charge in [-0.2, -0.15) is 0 Å². The summed E-state index contributed by atoms with van der Waals surface area (Å²) >= 11 is 7.08. The Hall–Kier alpha value is -2.98. The van der Waals surface area contributed by atoms with E-state index in [-0.39, 0.29) is 6.61 Å². The van der Waals surface area contributed by atoms with Gasteiger partial charge in [-0.15, -0.1) is 10.2 Å². The van der Waals surface area contributed by atoms with Crippen LogP contribution in [0.3, 0.4) is 0 Å². The summed E-state index contributed by atoms with van der Waals surface area (Å²) in [6.45, 7) is 2.21. The van der Waals surface area contributed by atoms with Gasteiger partial charge in [0, 0.05) is 12.1 Å². The number of benzene rings is 1. The number of carbonyl (C=O) groups excluding carboxylic acids is 2. The number of halogens is 1. The second-order valence-corrected chi connectivity index (χ2v) is 7.88. The van der Waals surface area contributed by atoms with E-state index in [0.717, 1.165) is 0 Å². The highest BCUT2D eigenvalue weighted by Gasteiger charge is 2.22. The fourth-order valence-corrected chi connectivity index (χ4v) is 3.39. The molecule has 158 valence electrons. The number of ether oxygens (including phenoxy) is 1. The molecule has 0 aliphatic heterocycles. The second-order valence-electron chi connectivity index (χ2n) is 6.14. The van der Waals surface area contributed by atoms with Crippen LogP contribution >= 0.6 is 23.4 Å². The highest BCUT2D eigenvalue weighted by Crippen LogP contribution is 2.24. The molecule has 0 fully saturated rings. The first-order chi connectivity index (χ1) is 14.5. The number of aromatic nitrogens is 3. The Balaban J connectivity index is 1.76. The van der Waals surface area contributed by atoms with Crippen LogP contribution < -0.4 is 15.4 Å². The van der Waals surface area contributed by atoms with Crippen molar-refractivity contribution >= 4 is 35.3 Å². The number of imide groups is 1. The van der Waals surface area contributed by atoms with Gasteiger partial charge >= 0.3 is 6.03 Å². The smallest absolute Gasteiger partial charge is 0.321 e. The minimum absolute atomic E-state index is 0.161. The first kappa shape index (κ1) is 21.7. The third kappa shape index (κ3) is 5.77. The molecule has 0 aliphatic rings. The largest absolute Gasteiger partial charge is 0.486 e. The van der Waals surface area contributed by atoms with Crippen molar-refractivity contribution in [3.63, 3.8) is 0 Å². The summed E-state index contributed by atoms with van der Waals surface area (Å²) in [5.74, 6) is 1.46. The van der Waals surface area contributed by atoms with Crippen LogP contribution in [0.2, 0.25) is 5.02 Å². The van der Waals surface area contributed by atoms with Crippen molar-refractivity contribution in [1.82, 2.24) is 25.4 Å². The van der Waals surface area contributed by atoms with E-state index in [0.29, 0.717) is 34.1 Å². The van der Waals surface area contributed by atoms with Gasteiger partial charge in [-0.25, -0.2) is 4.79 Å². The van der Waals surface area contributed by atoms with E-state index in [1.807, 2.05) is 10.6 Å². The number of carbonyl (C=O) groups is 2. The van der Waals surface area contributed by atoms with Gasteiger partial charge in [-0.05, 0) is 43.3 Å². The van der Waals surface area contributed by atoms with Gasteiger partial charge in [-0.3, -0.25) is 14.7 Å². The van der Waals surface area contributed by atoms with Crippen molar-refractivity contribution < 1.29 is 18.7 Å². The van der Waals surface area contributed by atoms with Crippen molar-refractivity contribution in [2.45, 2.75) is 30.5 Å². The van der Waals surface area contributed by atoms with E-state index in [4.69, 9.17) is 20.8 Å². The molecule has 11 heteroatoms. The monoisotopic (exact) mass is 449 g/mol. The third-order valence-corrected chi connectivity index (χ3v) is 5.32. The number of thioether (sulfide) groups is 1. The molecule has 0 bridgehead atoms. The third-order valence-electron chi connectivity index (χ3n) is 3.98. The molecular formula is C19H20ClN5O4S. The Morgan fingerprint density at radius 2 is 2.03 bits per heavy atom. The average Bonchev–Trinajstić information content (AvgIpc) is 3.38. The van der Waals surface area contributed by atoms with Gasteiger partial charge in [0.05, 0.1) is 18.1 Å². The molecule has 3 aromatic rings. The number of furan rings is 1. The summed E-state index contributed by atoms with van der Waals surface area (Å²) in [7, 11) is 1.44. The van der Waals surface area contributed by atoms with E-state index in [2.05, 4.69) is 20.8 Å². The van der Waals surface area contributed by atoms with Crippen LogP contribution in [0.25, 0.3) is 0 Å². The minimum atomic E-state index is -0.577. The Morgan fingerprint density at radius 3 is 2.70 bits per heavy atom. The lowest BCUT2D eigenvalue weighted by Crippen LogP contribution is -2.41. The molecule has 0 radical (unpaired) electrons. The van der Waals surface area contributed by atoms with E-state index in [1.165, 1.54) is 18.8 Å². The molecule has 0 spiro atoms. The molecule has 0 saturated heterocycles. The first-order valence-corrected chi connectivity index (χ1v) is 10.2. The van der Waals surface area contributed by atoms with E-state index < -0.39 is 17.2 Å². The molecule has 1 atom stereocenters. The second kappa shape index (κ2) is 10.2. The SMILES string of the molecule is CNC(=O)NC(=O)C(C)Sc1nnc(COc2ccc(Cl)cc2)n1Cc1ccco1. The number of amides is 3. The molecule has 3 rings (SSSR count). The summed E-state index contributed by atoms with van der Waals surface area (Å²) in [5, 5.41) is 13.5. The number of urea groups is 1. The Bertz CT molecular complexity index is 991. The molecule has 30 heavy (non-hydrogen) atoms. The molecule has 1 aromatic carbocycles. The van der Waals surface area contributed by atoms with Gasteiger partial charge in [0.15, 0.2) is 11.0 Å². The van der Waals surface area contributed by atoms with E-state index in [1.54, 1.807) is 43.5 Å². The summed E-state index contributed by atoms with van der Waals surface area (Å²) in [5.41, 5.74) is 0. The molecule has 0 aliphatic carbocycles. The van der Waals surface area contributed by atoms with Gasteiger partial charge in [-0.1, -0.05) is 23.4 Å². The fourth-order valence-electron chi connectivity index (χ4n) is 2.40. The summed E-state index contributed by atoms with van der Waals surface area (Å²) < 4.78 is 13.0. The van der Waals surface area contributed by atoms with Crippen LogP contribution in [0.4, 0.5) is 4.79 Å². The Morgan fingerprint density at radius 1 is 1.27 bits per heavy atom. The average molecular weight is 450 g/mol. The number of hydrogen-bond donors (Lipinski definition) is 2. The Labute approximate surface area is 182 Å². The maximum atomic E-state index is 12.2. The van der Waals surface area contributed by atoms with Gasteiger partial charge < -0.3 is 14.5 Å². The molecular weight excluding hydrogens is 430 g/mol. The quantitative estimate of drug-likeness (QED) is 0.508. The molecule has 2 aromatic heterocycles. The lowest BCUT2D eigenvalue weighted by molar-refractivity contribution is -0.119. The molecule has 9 nitrogen and oxygen atoms in total. The number of hydrogen-bond acceptors (Lipinski definition) is 7. The maximum absolute atomic E-state index is 12.2. The first-order valence-electron chi connectivity index (χ1n) is 8.98. The number of rotatable bonds is 8. The molecule has 2 heterocycles. The van der Waals surface area contributed by atoms with Crippen molar-refractivity contribution in [2.75, 3.05) is 7.05 Å². The topological polar surface area (TPSA) is 111 Å². The van der Waals surface area contributed by atoms with Crippen molar-refractivity contribution in [1.29, 1.82) is 0 Å². The van der Waals surface area contributed by atoms with Gasteiger partial charge in [0.25, 0.3) is 0 Å². The number of nitrogens with one attached hydrogen (secondary N) is 2. The molecule has 3 amide bonds. The standard InChI is InChI=1S/C19H20ClN5O4S/c1-12(17(26)22-18(27)21-2)30-19-24-23-16(25(19)10-15-4-3-9-28-15)11-29-14-7-5-13(20)6-8-14/h3-9,12H,10-11H2,1-2H3,(H2,21,22,26,27). The van der Waals surface area contributed by atoms with Crippen molar-refractivity contribution in [3.05, 3.63) is 59.3 Å². The zero-order valence-corrected chi connectivity index (χ0v) is 17.9. The summed E-state index contributed by atoms with van der Waals surface area (Å²) in [6, 6.07) is 10.0. The predicted molar refractivity (Wildman–Crippen MR) is 112 cm³/mol. The lowest BCUT2D eigenvalue weighted by Gasteiger charge is -2.13. The van der Waals surface area contributed by atoms with Crippen molar-refractivity contribution in [3.8, 4) is 5.75 Å². The Kier molecular flexibility index (Phi) is 7.36. The lowest BCUT2D eigenvalue weighted by atomic mass is 10.3. The zero-order chi connectivity index (χ0) is 21.5. The van der Waals surface area contributed by atoms with Crippen LogP contribution in [0.5, 0.6) is 5.75 Å². The molecule has 0 saturated carbocycles. The van der Waals surface area contributed by atoms with Crippen LogP contribution in [0.15, 0.2) is 52.2 Å². The summed E-state index contributed by atoms with van der Waals surface area (Å²) in [6.07, 6.45) is 1.58. The van der Waals surface area contributed by atoms with Gasteiger partial charge in [0.1, 0.15) is 18.1 Å². The zero-order valence-electron chi connectivity index (χ0n) is 16.3. The van der Waals surface area contributed by atoms with Crippen LogP contribution in [-0.2, 0) is 17.9 Å². The van der Waals surface area contributed by atoms with Crippen LogP contribution in [0, 0.1) is 0 Å². The normalized spacial score (nSPS) is 11.7.